The van der Waals surface area contributed by atoms with Crippen molar-refractivity contribution >= 4 is 56.6 Å². The lowest BCUT2D eigenvalue weighted by Gasteiger charge is -2.35. The summed E-state index contributed by atoms with van der Waals surface area (Å²) in [6, 6.07) is 18.6. The average molecular weight is 627 g/mol. The van der Waals surface area contributed by atoms with Crippen molar-refractivity contribution in [1.82, 2.24) is 10.6 Å². The van der Waals surface area contributed by atoms with E-state index in [0.29, 0.717) is 12.1 Å². The van der Waals surface area contributed by atoms with Crippen LogP contribution in [-0.4, -0.2) is 20.7 Å². The second-order valence-corrected chi connectivity index (χ2v) is 15.6. The summed E-state index contributed by atoms with van der Waals surface area (Å²) < 4.78 is 1.90. The van der Waals surface area contributed by atoms with Gasteiger partial charge in [-0.05, 0) is 119 Å². The van der Waals surface area contributed by atoms with Crippen molar-refractivity contribution in [3.05, 3.63) is 59.7 Å². The van der Waals surface area contributed by atoms with E-state index in [-0.39, 0.29) is 0 Å². The van der Waals surface area contributed by atoms with Crippen molar-refractivity contribution < 1.29 is 0 Å². The molecule has 2 nitrogen and oxygen atoms in total. The van der Waals surface area contributed by atoms with Gasteiger partial charge in [0.15, 0.2) is 0 Å². The Labute approximate surface area is 269 Å². The SMILES string of the molecule is CCCCc1ccccc1SC(=S)NC1CCC(CC2CCC(NC(=S)Sc3ccccc3CCCC)CC2)CC1. The van der Waals surface area contributed by atoms with E-state index in [1.165, 1.54) is 104 Å². The minimum atomic E-state index is 0.541. The summed E-state index contributed by atoms with van der Waals surface area (Å²) in [7, 11) is 0. The molecule has 2 N–H and O–H groups in total. The first-order valence-electron chi connectivity index (χ1n) is 16.2. The van der Waals surface area contributed by atoms with Gasteiger partial charge >= 0.3 is 0 Å². The third-order valence-corrected chi connectivity index (χ3v) is 11.5. The van der Waals surface area contributed by atoms with Crippen LogP contribution in [0.5, 0.6) is 0 Å². The third-order valence-electron chi connectivity index (χ3n) is 8.95. The van der Waals surface area contributed by atoms with Gasteiger partial charge in [-0.2, -0.15) is 0 Å². The molecule has 2 fully saturated rings. The summed E-state index contributed by atoms with van der Waals surface area (Å²) >= 11 is 15.1. The molecular weight excluding hydrogens is 577 g/mol. The number of hydrogen-bond donors (Lipinski definition) is 2. The van der Waals surface area contributed by atoms with Crippen molar-refractivity contribution in [3.8, 4) is 0 Å². The first-order valence-corrected chi connectivity index (χ1v) is 18.6. The number of benzene rings is 2. The molecule has 41 heavy (non-hydrogen) atoms. The zero-order valence-corrected chi connectivity index (χ0v) is 28.4. The van der Waals surface area contributed by atoms with Crippen molar-refractivity contribution in [2.45, 2.75) is 132 Å². The number of hydrogen-bond acceptors (Lipinski definition) is 4. The minimum Gasteiger partial charge on any atom is -0.368 e. The van der Waals surface area contributed by atoms with Crippen LogP contribution in [0.15, 0.2) is 58.3 Å². The molecule has 0 atom stereocenters. The number of nitrogens with one attached hydrogen (secondary N) is 2. The molecule has 0 aromatic heterocycles. The van der Waals surface area contributed by atoms with E-state index in [2.05, 4.69) is 73.0 Å². The third kappa shape index (κ3) is 11.2. The zero-order chi connectivity index (χ0) is 28.9. The molecule has 0 bridgehead atoms. The van der Waals surface area contributed by atoms with Crippen LogP contribution in [-0.2, 0) is 12.8 Å². The fourth-order valence-electron chi connectivity index (χ4n) is 6.50. The molecule has 0 heterocycles. The lowest BCUT2D eigenvalue weighted by Crippen LogP contribution is -2.37. The summed E-state index contributed by atoms with van der Waals surface area (Å²) in [5.41, 5.74) is 2.87. The molecule has 224 valence electrons. The van der Waals surface area contributed by atoms with Gasteiger partial charge < -0.3 is 10.6 Å². The molecule has 0 spiro atoms. The molecule has 2 aliphatic rings. The lowest BCUT2D eigenvalue weighted by atomic mass is 9.76. The van der Waals surface area contributed by atoms with Crippen molar-refractivity contribution in [2.24, 2.45) is 11.8 Å². The highest BCUT2D eigenvalue weighted by Gasteiger charge is 2.27. The molecule has 2 aromatic rings. The maximum absolute atomic E-state index is 5.78. The molecule has 2 aliphatic carbocycles. The average Bonchev–Trinajstić information content (AvgIpc) is 2.98. The molecule has 2 aromatic carbocycles. The number of thiocarbonyl (C=S) groups is 2. The first kappa shape index (κ1) is 32.8. The highest BCUT2D eigenvalue weighted by Crippen LogP contribution is 2.36. The predicted molar refractivity (Wildman–Crippen MR) is 189 cm³/mol. The van der Waals surface area contributed by atoms with Crippen LogP contribution in [0.1, 0.15) is 108 Å². The topological polar surface area (TPSA) is 24.1 Å². The van der Waals surface area contributed by atoms with E-state index < -0.39 is 0 Å². The normalized spacial score (nSPS) is 22.7. The fraction of sp³-hybridized carbons (Fsp3) is 0.600. The number of unbranched alkanes of at least 4 members (excludes halogenated alkanes) is 2. The smallest absolute Gasteiger partial charge is 0.138 e. The summed E-state index contributed by atoms with van der Waals surface area (Å²) in [4.78, 5) is 2.65. The summed E-state index contributed by atoms with van der Waals surface area (Å²) in [5, 5.41) is 7.40. The van der Waals surface area contributed by atoms with Crippen LogP contribution in [0.3, 0.4) is 0 Å². The van der Waals surface area contributed by atoms with Crippen LogP contribution in [0.4, 0.5) is 0 Å². The van der Waals surface area contributed by atoms with Gasteiger partial charge in [0.2, 0.25) is 0 Å². The maximum Gasteiger partial charge on any atom is 0.138 e. The number of aryl methyl sites for hydroxylation is 2. The van der Waals surface area contributed by atoms with Crippen LogP contribution in [0, 0.1) is 11.8 Å². The standard InChI is InChI=1S/C35H50N2S4/c1-3-5-11-28-13-7-9-15-32(28)40-34(38)36-30-21-17-26(18-22-30)25-27-19-23-31(24-20-27)37-35(39)41-33-16-10-8-14-29(33)12-6-4-2/h7-10,13-16,26-27,30-31H,3-6,11-12,17-25H2,1-2H3,(H,36,38)(H,37,39). The molecule has 2 saturated carbocycles. The Bertz CT molecular complexity index is 1000. The summed E-state index contributed by atoms with van der Waals surface area (Å²) in [6.45, 7) is 4.51. The maximum atomic E-state index is 5.78. The van der Waals surface area contributed by atoms with Crippen LogP contribution in [0.2, 0.25) is 0 Å². The Kier molecular flexibility index (Phi) is 14.3. The minimum absolute atomic E-state index is 0.541. The number of thioether (sulfide) groups is 2. The first-order chi connectivity index (χ1) is 20.0. The van der Waals surface area contributed by atoms with Crippen LogP contribution < -0.4 is 10.6 Å². The van der Waals surface area contributed by atoms with Crippen molar-refractivity contribution in [3.63, 3.8) is 0 Å². The van der Waals surface area contributed by atoms with Gasteiger partial charge in [-0.25, -0.2) is 0 Å². The van der Waals surface area contributed by atoms with E-state index in [1.54, 1.807) is 23.5 Å². The molecule has 4 rings (SSSR count). The Balaban J connectivity index is 1.12. The molecule has 0 radical (unpaired) electrons. The molecule has 6 heteroatoms. The fourth-order valence-corrected chi connectivity index (χ4v) is 9.12. The van der Waals surface area contributed by atoms with Gasteiger partial charge in [0, 0.05) is 21.9 Å². The Hall–Kier alpha value is -1.08. The molecule has 0 aliphatic heterocycles. The largest absolute Gasteiger partial charge is 0.368 e. The van der Waals surface area contributed by atoms with Gasteiger partial charge in [-0.15, -0.1) is 0 Å². The lowest BCUT2D eigenvalue weighted by molar-refractivity contribution is 0.218. The van der Waals surface area contributed by atoms with E-state index in [0.717, 1.165) is 33.3 Å². The van der Waals surface area contributed by atoms with Gasteiger partial charge in [0.1, 0.15) is 8.64 Å². The monoisotopic (exact) mass is 626 g/mol. The number of rotatable bonds is 12. The van der Waals surface area contributed by atoms with Crippen molar-refractivity contribution in [1.29, 1.82) is 0 Å². The predicted octanol–water partition coefficient (Wildman–Crippen LogP) is 10.5. The Morgan fingerprint density at radius 2 is 1.02 bits per heavy atom. The molecule has 0 saturated heterocycles. The highest BCUT2D eigenvalue weighted by molar-refractivity contribution is 8.23. The van der Waals surface area contributed by atoms with Gasteiger partial charge in [0.25, 0.3) is 0 Å². The van der Waals surface area contributed by atoms with E-state index in [1.807, 2.05) is 0 Å². The van der Waals surface area contributed by atoms with E-state index in [4.69, 9.17) is 24.4 Å². The summed E-state index contributed by atoms with van der Waals surface area (Å²) in [5.74, 6) is 1.77. The van der Waals surface area contributed by atoms with E-state index >= 15 is 0 Å². The van der Waals surface area contributed by atoms with Crippen LogP contribution in [0.25, 0.3) is 0 Å². The van der Waals surface area contributed by atoms with Crippen LogP contribution >= 0.6 is 48.0 Å². The second kappa shape index (κ2) is 17.9. The zero-order valence-electron chi connectivity index (χ0n) is 25.2. The molecule has 0 amide bonds. The second-order valence-electron chi connectivity index (χ2n) is 12.2. The molecule has 0 unspecified atom stereocenters. The van der Waals surface area contributed by atoms with E-state index in [9.17, 15) is 0 Å². The highest BCUT2D eigenvalue weighted by atomic mass is 32.2. The quantitative estimate of drug-likeness (QED) is 0.180. The molecular formula is C35H50N2S4. The van der Waals surface area contributed by atoms with Gasteiger partial charge in [-0.1, -0.05) is 111 Å². The van der Waals surface area contributed by atoms with Crippen molar-refractivity contribution in [2.75, 3.05) is 0 Å². The van der Waals surface area contributed by atoms with Gasteiger partial charge in [-0.3, -0.25) is 0 Å². The summed E-state index contributed by atoms with van der Waals surface area (Å²) in [6.07, 6.45) is 19.0. The van der Waals surface area contributed by atoms with Gasteiger partial charge in [0.05, 0.1) is 0 Å². The Morgan fingerprint density at radius 1 is 0.634 bits per heavy atom. The Morgan fingerprint density at radius 3 is 1.41 bits per heavy atom.